The summed E-state index contributed by atoms with van der Waals surface area (Å²) in [5.74, 6) is 0.690. The Balaban J connectivity index is 0.00000364. The van der Waals surface area contributed by atoms with Crippen LogP contribution in [0.1, 0.15) is 47.5 Å². The second-order valence-electron chi connectivity index (χ2n) is 8.01. The van der Waals surface area contributed by atoms with E-state index in [4.69, 9.17) is 9.47 Å². The number of esters is 1. The van der Waals surface area contributed by atoms with Crippen LogP contribution in [-0.4, -0.2) is 78.3 Å². The maximum Gasteiger partial charge on any atom is 0.410 e. The number of hydrogen-bond donors (Lipinski definition) is 1. The highest BCUT2D eigenvalue weighted by molar-refractivity contribution is 14.0. The van der Waals surface area contributed by atoms with E-state index in [0.29, 0.717) is 39.0 Å². The number of aliphatic imine (C=N–C) groups is 1. The van der Waals surface area contributed by atoms with Gasteiger partial charge in [-0.1, -0.05) is 0 Å². The number of rotatable bonds is 5. The van der Waals surface area contributed by atoms with Gasteiger partial charge < -0.3 is 24.6 Å². The second-order valence-corrected chi connectivity index (χ2v) is 8.01. The number of carbonyl (C=O) groups excluding carboxylic acids is 2. The zero-order valence-electron chi connectivity index (χ0n) is 17.0. The van der Waals surface area contributed by atoms with E-state index in [1.165, 1.54) is 0 Å². The highest BCUT2D eigenvalue weighted by atomic mass is 127. The number of carbonyl (C=O) groups is 2. The van der Waals surface area contributed by atoms with Crippen LogP contribution in [0.5, 0.6) is 0 Å². The molecule has 0 bridgehead atoms. The topological polar surface area (TPSA) is 83.5 Å². The number of piperazine rings is 1. The van der Waals surface area contributed by atoms with Gasteiger partial charge in [0.1, 0.15) is 5.60 Å². The smallest absolute Gasteiger partial charge is 0.410 e. The number of fused-ring (bicyclic) bond motifs is 1. The van der Waals surface area contributed by atoms with Crippen molar-refractivity contribution in [2.24, 2.45) is 4.99 Å². The quantitative estimate of drug-likeness (QED) is 0.357. The monoisotopic (exact) mass is 496 g/mol. The van der Waals surface area contributed by atoms with Crippen molar-refractivity contribution in [1.29, 1.82) is 0 Å². The third-order valence-corrected chi connectivity index (χ3v) is 4.07. The van der Waals surface area contributed by atoms with Crippen molar-refractivity contribution in [3.05, 3.63) is 0 Å². The fourth-order valence-electron chi connectivity index (χ4n) is 2.98. The minimum Gasteiger partial charge on any atom is -0.463 e. The molecule has 2 aliphatic rings. The Labute approximate surface area is 179 Å². The molecule has 1 atom stereocenters. The Morgan fingerprint density at radius 2 is 2.00 bits per heavy atom. The minimum absolute atomic E-state index is 0. The highest BCUT2D eigenvalue weighted by Gasteiger charge is 2.36. The molecule has 0 radical (unpaired) electrons. The van der Waals surface area contributed by atoms with Gasteiger partial charge >= 0.3 is 12.1 Å². The molecule has 0 spiro atoms. The van der Waals surface area contributed by atoms with Crippen LogP contribution < -0.4 is 5.32 Å². The van der Waals surface area contributed by atoms with Crippen LogP contribution in [0, 0.1) is 0 Å². The molecule has 0 aromatic heterocycles. The van der Waals surface area contributed by atoms with E-state index >= 15 is 0 Å². The minimum atomic E-state index is -0.482. The fourth-order valence-corrected chi connectivity index (χ4v) is 2.98. The van der Waals surface area contributed by atoms with E-state index in [1.54, 1.807) is 4.90 Å². The molecule has 0 aliphatic carbocycles. The summed E-state index contributed by atoms with van der Waals surface area (Å²) in [6.07, 6.45) is 0.764. The molecule has 27 heavy (non-hydrogen) atoms. The SMILES string of the molecule is CC(C)OC(=O)CCCNC1=NCC2CN(C(=O)OC(C)(C)C)CCN12.I. The molecule has 8 nitrogen and oxygen atoms in total. The first-order valence-electron chi connectivity index (χ1n) is 9.38. The van der Waals surface area contributed by atoms with Crippen LogP contribution >= 0.6 is 24.0 Å². The molecule has 2 aliphatic heterocycles. The van der Waals surface area contributed by atoms with E-state index in [0.717, 1.165) is 12.5 Å². The Kier molecular flexibility index (Phi) is 9.10. The number of ether oxygens (including phenoxy) is 2. The molecule has 1 N–H and O–H groups in total. The molecule has 9 heteroatoms. The summed E-state index contributed by atoms with van der Waals surface area (Å²) in [6.45, 7) is 12.6. The highest BCUT2D eigenvalue weighted by Crippen LogP contribution is 2.18. The number of nitrogens with zero attached hydrogens (tertiary/aromatic N) is 3. The molecule has 2 rings (SSSR count). The zero-order chi connectivity index (χ0) is 19.3. The van der Waals surface area contributed by atoms with Crippen molar-refractivity contribution in [3.63, 3.8) is 0 Å². The number of nitrogens with one attached hydrogen (secondary N) is 1. The lowest BCUT2D eigenvalue weighted by Crippen LogP contribution is -2.57. The van der Waals surface area contributed by atoms with Gasteiger partial charge in [-0.15, -0.1) is 24.0 Å². The van der Waals surface area contributed by atoms with Crippen LogP contribution in [0.2, 0.25) is 0 Å². The van der Waals surface area contributed by atoms with Gasteiger partial charge in [-0.2, -0.15) is 0 Å². The van der Waals surface area contributed by atoms with Gasteiger partial charge in [0.25, 0.3) is 0 Å². The molecule has 0 saturated carbocycles. The van der Waals surface area contributed by atoms with Gasteiger partial charge in [-0.3, -0.25) is 9.79 Å². The Morgan fingerprint density at radius 3 is 2.63 bits per heavy atom. The van der Waals surface area contributed by atoms with Crippen LogP contribution in [0.25, 0.3) is 0 Å². The number of halogens is 1. The molecule has 0 aromatic carbocycles. The number of guanidine groups is 1. The molecular formula is C18H33IN4O4. The fraction of sp³-hybridized carbons (Fsp3) is 0.833. The molecule has 1 unspecified atom stereocenters. The largest absolute Gasteiger partial charge is 0.463 e. The van der Waals surface area contributed by atoms with Crippen molar-refractivity contribution in [3.8, 4) is 0 Å². The summed E-state index contributed by atoms with van der Waals surface area (Å²) in [5, 5.41) is 3.31. The second kappa shape index (κ2) is 10.3. The van der Waals surface area contributed by atoms with Crippen molar-refractivity contribution >= 4 is 42.0 Å². The predicted octanol–water partition coefficient (Wildman–Crippen LogP) is 2.22. The third-order valence-electron chi connectivity index (χ3n) is 4.07. The lowest BCUT2D eigenvalue weighted by Gasteiger charge is -2.39. The van der Waals surface area contributed by atoms with Gasteiger partial charge in [0.15, 0.2) is 5.96 Å². The van der Waals surface area contributed by atoms with Crippen LogP contribution in [-0.2, 0) is 14.3 Å². The molecule has 0 aromatic rings. The van der Waals surface area contributed by atoms with Gasteiger partial charge in [-0.25, -0.2) is 4.79 Å². The maximum absolute atomic E-state index is 12.2. The van der Waals surface area contributed by atoms with E-state index in [-0.39, 0.29) is 48.2 Å². The van der Waals surface area contributed by atoms with Crippen molar-refractivity contribution < 1.29 is 19.1 Å². The Bertz CT molecular complexity index is 548. The van der Waals surface area contributed by atoms with Crippen LogP contribution in [0.4, 0.5) is 4.79 Å². The third kappa shape index (κ3) is 7.71. The van der Waals surface area contributed by atoms with E-state index in [9.17, 15) is 9.59 Å². The molecule has 1 saturated heterocycles. The van der Waals surface area contributed by atoms with Crippen molar-refractivity contribution in [2.75, 3.05) is 32.7 Å². The van der Waals surface area contributed by atoms with E-state index < -0.39 is 5.60 Å². The van der Waals surface area contributed by atoms with Gasteiger partial charge in [0.05, 0.1) is 18.7 Å². The van der Waals surface area contributed by atoms with Gasteiger partial charge in [0.2, 0.25) is 0 Å². The Morgan fingerprint density at radius 1 is 1.30 bits per heavy atom. The predicted molar refractivity (Wildman–Crippen MR) is 114 cm³/mol. The summed E-state index contributed by atoms with van der Waals surface area (Å²) in [5.41, 5.74) is -0.482. The molecule has 1 fully saturated rings. The normalized spacial score (nSPS) is 19.2. The average molecular weight is 496 g/mol. The zero-order valence-corrected chi connectivity index (χ0v) is 19.3. The molecule has 2 heterocycles. The van der Waals surface area contributed by atoms with E-state index in [2.05, 4.69) is 15.2 Å². The molecule has 156 valence electrons. The number of hydrogen-bond acceptors (Lipinski definition) is 7. The summed E-state index contributed by atoms with van der Waals surface area (Å²) in [6, 6.07) is 0.185. The summed E-state index contributed by atoms with van der Waals surface area (Å²) in [7, 11) is 0. The summed E-state index contributed by atoms with van der Waals surface area (Å²) < 4.78 is 10.6. The van der Waals surface area contributed by atoms with Gasteiger partial charge in [0, 0.05) is 32.6 Å². The first kappa shape index (κ1) is 23.8. The average Bonchev–Trinajstić information content (AvgIpc) is 2.91. The van der Waals surface area contributed by atoms with Gasteiger partial charge in [-0.05, 0) is 41.0 Å². The number of amides is 1. The summed E-state index contributed by atoms with van der Waals surface area (Å²) >= 11 is 0. The lowest BCUT2D eigenvalue weighted by atomic mass is 10.2. The van der Waals surface area contributed by atoms with Crippen LogP contribution in [0.3, 0.4) is 0 Å². The van der Waals surface area contributed by atoms with Crippen molar-refractivity contribution in [1.82, 2.24) is 15.1 Å². The first-order valence-corrected chi connectivity index (χ1v) is 9.38. The standard InChI is InChI=1S/C18H32N4O4.HI/c1-13(2)25-15(23)7-6-8-19-16-20-11-14-12-21(9-10-22(14)16)17(24)26-18(3,4)5;/h13-14H,6-12H2,1-5H3,(H,19,20);1H. The van der Waals surface area contributed by atoms with E-state index in [1.807, 2.05) is 34.6 Å². The maximum atomic E-state index is 12.2. The lowest BCUT2D eigenvalue weighted by molar-refractivity contribution is -0.147. The van der Waals surface area contributed by atoms with Crippen molar-refractivity contribution in [2.45, 2.75) is 65.2 Å². The first-order chi connectivity index (χ1) is 12.2. The van der Waals surface area contributed by atoms with Crippen LogP contribution in [0.15, 0.2) is 4.99 Å². The Hall–Kier alpha value is -1.26. The summed E-state index contributed by atoms with van der Waals surface area (Å²) in [4.78, 5) is 32.3. The molecular weight excluding hydrogens is 463 g/mol. The molecule has 1 amide bonds.